The Bertz CT molecular complexity index is 587. The molecule has 0 saturated carbocycles. The molecule has 0 aliphatic heterocycles. The Kier molecular flexibility index (Phi) is 4.22. The van der Waals surface area contributed by atoms with Crippen LogP contribution in [0.2, 0.25) is 5.02 Å². The molecule has 2 rings (SSSR count). The maximum atomic E-state index is 6.03. The molecule has 19 heavy (non-hydrogen) atoms. The minimum atomic E-state index is 0.588. The molecule has 2 aromatic rings. The Morgan fingerprint density at radius 1 is 1.37 bits per heavy atom. The normalized spacial score (nSPS) is 10.3. The summed E-state index contributed by atoms with van der Waals surface area (Å²) in [5.41, 5.74) is 2.84. The fourth-order valence-corrected chi connectivity index (χ4v) is 1.98. The number of rotatable bonds is 4. The molecule has 1 N–H and O–H groups in total. The molecule has 0 amide bonds. The van der Waals surface area contributed by atoms with Gasteiger partial charge in [0.2, 0.25) is 5.95 Å². The molecule has 1 aromatic heterocycles. The molecule has 0 bridgehead atoms. The van der Waals surface area contributed by atoms with E-state index in [0.717, 1.165) is 23.4 Å². The fourth-order valence-electron chi connectivity index (χ4n) is 1.78. The van der Waals surface area contributed by atoms with Crippen molar-refractivity contribution in [3.63, 3.8) is 0 Å². The zero-order valence-corrected chi connectivity index (χ0v) is 12.0. The SMILES string of the molecule is CCNc1ncc(C)c(-c2ccc(Cl)c(OC)c2)n1. The molecule has 0 aliphatic rings. The zero-order valence-electron chi connectivity index (χ0n) is 11.2. The van der Waals surface area contributed by atoms with Gasteiger partial charge in [-0.25, -0.2) is 9.97 Å². The summed E-state index contributed by atoms with van der Waals surface area (Å²) in [4.78, 5) is 8.75. The van der Waals surface area contributed by atoms with Gasteiger partial charge in [0.15, 0.2) is 0 Å². The molecule has 1 aromatic carbocycles. The Morgan fingerprint density at radius 3 is 2.84 bits per heavy atom. The van der Waals surface area contributed by atoms with Crippen LogP contribution in [-0.2, 0) is 0 Å². The average Bonchev–Trinajstić information content (AvgIpc) is 2.42. The highest BCUT2D eigenvalue weighted by Crippen LogP contribution is 2.31. The van der Waals surface area contributed by atoms with Gasteiger partial charge in [-0.1, -0.05) is 17.7 Å². The van der Waals surface area contributed by atoms with Gasteiger partial charge in [0, 0.05) is 18.3 Å². The zero-order chi connectivity index (χ0) is 13.8. The van der Waals surface area contributed by atoms with Crippen LogP contribution in [-0.4, -0.2) is 23.6 Å². The van der Waals surface area contributed by atoms with Gasteiger partial charge in [-0.3, -0.25) is 0 Å². The number of ether oxygens (including phenoxy) is 1. The number of aryl methyl sites for hydroxylation is 1. The van der Waals surface area contributed by atoms with Gasteiger partial charge >= 0.3 is 0 Å². The van der Waals surface area contributed by atoms with E-state index in [2.05, 4.69) is 15.3 Å². The van der Waals surface area contributed by atoms with Crippen LogP contribution in [0.25, 0.3) is 11.3 Å². The first-order chi connectivity index (χ1) is 9.15. The van der Waals surface area contributed by atoms with Gasteiger partial charge < -0.3 is 10.1 Å². The summed E-state index contributed by atoms with van der Waals surface area (Å²) in [7, 11) is 1.60. The van der Waals surface area contributed by atoms with E-state index in [1.807, 2.05) is 32.0 Å². The highest BCUT2D eigenvalue weighted by molar-refractivity contribution is 6.32. The molecule has 4 nitrogen and oxygen atoms in total. The monoisotopic (exact) mass is 277 g/mol. The predicted molar refractivity (Wildman–Crippen MR) is 77.9 cm³/mol. The lowest BCUT2D eigenvalue weighted by molar-refractivity contribution is 0.415. The Morgan fingerprint density at radius 2 is 2.16 bits per heavy atom. The van der Waals surface area contributed by atoms with Crippen molar-refractivity contribution in [2.45, 2.75) is 13.8 Å². The van der Waals surface area contributed by atoms with E-state index >= 15 is 0 Å². The molecule has 5 heteroatoms. The lowest BCUT2D eigenvalue weighted by Crippen LogP contribution is -2.03. The van der Waals surface area contributed by atoms with Gasteiger partial charge in [-0.2, -0.15) is 0 Å². The molecular weight excluding hydrogens is 262 g/mol. The summed E-state index contributed by atoms with van der Waals surface area (Å²) in [6, 6.07) is 5.62. The summed E-state index contributed by atoms with van der Waals surface area (Å²) in [6.07, 6.45) is 1.81. The molecule has 1 heterocycles. The summed E-state index contributed by atoms with van der Waals surface area (Å²) in [5, 5.41) is 3.69. The average molecular weight is 278 g/mol. The second-order valence-electron chi connectivity index (χ2n) is 4.10. The molecule has 0 fully saturated rings. The second kappa shape index (κ2) is 5.89. The van der Waals surface area contributed by atoms with Crippen LogP contribution in [0.15, 0.2) is 24.4 Å². The van der Waals surface area contributed by atoms with Crippen molar-refractivity contribution in [1.82, 2.24) is 9.97 Å². The smallest absolute Gasteiger partial charge is 0.223 e. The first-order valence-corrected chi connectivity index (χ1v) is 6.45. The van der Waals surface area contributed by atoms with E-state index in [9.17, 15) is 0 Å². The standard InChI is InChI=1S/C14H16ClN3O/c1-4-16-14-17-8-9(2)13(18-14)10-5-6-11(15)12(7-10)19-3/h5-8H,4H2,1-3H3,(H,16,17,18). The van der Waals surface area contributed by atoms with Gasteiger partial charge in [0.1, 0.15) is 5.75 Å². The number of nitrogens with zero attached hydrogens (tertiary/aromatic N) is 2. The number of aromatic nitrogens is 2. The lowest BCUT2D eigenvalue weighted by atomic mass is 10.1. The molecule has 0 radical (unpaired) electrons. The van der Waals surface area contributed by atoms with Crippen molar-refractivity contribution in [2.24, 2.45) is 0 Å². The van der Waals surface area contributed by atoms with Crippen LogP contribution in [0.5, 0.6) is 5.75 Å². The van der Waals surface area contributed by atoms with E-state index in [-0.39, 0.29) is 0 Å². The maximum absolute atomic E-state index is 6.03. The van der Waals surface area contributed by atoms with E-state index in [1.165, 1.54) is 0 Å². The number of nitrogens with one attached hydrogen (secondary N) is 1. The van der Waals surface area contributed by atoms with E-state index in [1.54, 1.807) is 13.3 Å². The fraction of sp³-hybridized carbons (Fsp3) is 0.286. The van der Waals surface area contributed by atoms with Gasteiger partial charge in [-0.05, 0) is 31.5 Å². The molecule has 0 unspecified atom stereocenters. The summed E-state index contributed by atoms with van der Waals surface area (Å²) >= 11 is 6.03. The highest BCUT2D eigenvalue weighted by Gasteiger charge is 2.09. The molecule has 0 atom stereocenters. The predicted octanol–water partition coefficient (Wildman–Crippen LogP) is 3.55. The molecule has 0 spiro atoms. The van der Waals surface area contributed by atoms with Crippen molar-refractivity contribution in [2.75, 3.05) is 19.0 Å². The van der Waals surface area contributed by atoms with E-state index in [0.29, 0.717) is 16.7 Å². The number of benzene rings is 1. The Hall–Kier alpha value is -1.81. The highest BCUT2D eigenvalue weighted by atomic mass is 35.5. The van der Waals surface area contributed by atoms with Crippen molar-refractivity contribution < 1.29 is 4.74 Å². The van der Waals surface area contributed by atoms with Gasteiger partial charge in [-0.15, -0.1) is 0 Å². The largest absolute Gasteiger partial charge is 0.495 e. The van der Waals surface area contributed by atoms with Crippen molar-refractivity contribution >= 4 is 17.5 Å². The van der Waals surface area contributed by atoms with Crippen LogP contribution in [0.4, 0.5) is 5.95 Å². The summed E-state index contributed by atoms with van der Waals surface area (Å²) in [6.45, 7) is 4.77. The third-order valence-corrected chi connectivity index (χ3v) is 3.04. The van der Waals surface area contributed by atoms with Crippen LogP contribution in [0.3, 0.4) is 0 Å². The van der Waals surface area contributed by atoms with Crippen molar-refractivity contribution in [3.8, 4) is 17.0 Å². The van der Waals surface area contributed by atoms with Gasteiger partial charge in [0.05, 0.1) is 17.8 Å². The minimum Gasteiger partial charge on any atom is -0.495 e. The third kappa shape index (κ3) is 2.96. The topological polar surface area (TPSA) is 47.0 Å². The quantitative estimate of drug-likeness (QED) is 0.928. The maximum Gasteiger partial charge on any atom is 0.223 e. The Balaban J connectivity index is 2.48. The number of anilines is 1. The summed E-state index contributed by atoms with van der Waals surface area (Å²) in [5.74, 6) is 1.26. The van der Waals surface area contributed by atoms with Crippen molar-refractivity contribution in [3.05, 3.63) is 35.0 Å². The first kappa shape index (κ1) is 13.6. The Labute approximate surface area is 117 Å². The molecule has 0 aliphatic carbocycles. The minimum absolute atomic E-state index is 0.588. The number of hydrogen-bond acceptors (Lipinski definition) is 4. The molecular formula is C14H16ClN3O. The number of methoxy groups -OCH3 is 1. The number of halogens is 1. The third-order valence-electron chi connectivity index (χ3n) is 2.73. The van der Waals surface area contributed by atoms with Crippen LogP contribution in [0, 0.1) is 6.92 Å². The molecule has 0 saturated heterocycles. The van der Waals surface area contributed by atoms with Gasteiger partial charge in [0.25, 0.3) is 0 Å². The summed E-state index contributed by atoms with van der Waals surface area (Å²) < 4.78 is 5.23. The first-order valence-electron chi connectivity index (χ1n) is 6.07. The second-order valence-corrected chi connectivity index (χ2v) is 4.51. The molecule has 100 valence electrons. The van der Waals surface area contributed by atoms with Crippen LogP contribution in [0.1, 0.15) is 12.5 Å². The van der Waals surface area contributed by atoms with Crippen LogP contribution < -0.4 is 10.1 Å². The van der Waals surface area contributed by atoms with Crippen LogP contribution >= 0.6 is 11.6 Å². The van der Waals surface area contributed by atoms with Crippen molar-refractivity contribution in [1.29, 1.82) is 0 Å². The lowest BCUT2D eigenvalue weighted by Gasteiger charge is -2.10. The van der Waals surface area contributed by atoms with E-state index in [4.69, 9.17) is 16.3 Å². The van der Waals surface area contributed by atoms with E-state index < -0.39 is 0 Å². The number of hydrogen-bond donors (Lipinski definition) is 1.